The molecule has 1 heterocycles. The highest BCUT2D eigenvalue weighted by molar-refractivity contribution is 5.80. The molecule has 5 nitrogen and oxygen atoms in total. The number of rotatable bonds is 5. The Morgan fingerprint density at radius 3 is 2.74 bits per heavy atom. The number of nitrogens with zero attached hydrogens (tertiary/aromatic N) is 1. The van der Waals surface area contributed by atoms with Crippen LogP contribution in [0.3, 0.4) is 0 Å². The molecule has 7 heteroatoms. The second-order valence-electron chi connectivity index (χ2n) is 5.77. The summed E-state index contributed by atoms with van der Waals surface area (Å²) in [5, 5.41) is 2.63. The third-order valence-corrected chi connectivity index (χ3v) is 3.71. The van der Waals surface area contributed by atoms with Crippen molar-refractivity contribution in [3.05, 3.63) is 35.4 Å². The van der Waals surface area contributed by atoms with Crippen molar-refractivity contribution >= 4 is 11.8 Å². The largest absolute Gasteiger partial charge is 0.363 e. The number of carbonyl (C=O) groups excluding carboxylic acids is 2. The first-order chi connectivity index (χ1) is 10.9. The number of likely N-dealkylation sites (N-methyl/N-ethyl adjacent to an activating group) is 1. The van der Waals surface area contributed by atoms with Crippen molar-refractivity contribution in [2.24, 2.45) is 0 Å². The minimum atomic E-state index is -0.615. The Labute approximate surface area is 133 Å². The highest BCUT2D eigenvalue weighted by Gasteiger charge is 2.31. The van der Waals surface area contributed by atoms with E-state index in [1.807, 2.05) is 0 Å². The maximum absolute atomic E-state index is 13.5. The molecule has 0 radical (unpaired) electrons. The van der Waals surface area contributed by atoms with Crippen LogP contribution in [0.25, 0.3) is 0 Å². The van der Waals surface area contributed by atoms with Gasteiger partial charge in [-0.1, -0.05) is 0 Å². The van der Waals surface area contributed by atoms with E-state index in [1.165, 1.54) is 4.90 Å². The zero-order chi connectivity index (χ0) is 17.0. The molecule has 1 fully saturated rings. The third-order valence-electron chi connectivity index (χ3n) is 3.71. The molecular weight excluding hydrogens is 306 g/mol. The van der Waals surface area contributed by atoms with Gasteiger partial charge in [-0.2, -0.15) is 0 Å². The van der Waals surface area contributed by atoms with Crippen LogP contribution >= 0.6 is 0 Å². The summed E-state index contributed by atoms with van der Waals surface area (Å²) in [5.74, 6) is -1.71. The molecule has 0 saturated carbocycles. The molecule has 126 valence electrons. The Balaban J connectivity index is 1.79. The Morgan fingerprint density at radius 2 is 2.04 bits per heavy atom. The number of amides is 2. The van der Waals surface area contributed by atoms with Gasteiger partial charge >= 0.3 is 0 Å². The van der Waals surface area contributed by atoms with Crippen LogP contribution in [0.2, 0.25) is 0 Å². The fourth-order valence-electron chi connectivity index (χ4n) is 2.47. The second-order valence-corrected chi connectivity index (χ2v) is 5.77. The molecule has 1 aliphatic heterocycles. The first-order valence-electron chi connectivity index (χ1n) is 7.44. The number of carbonyl (C=O) groups is 2. The van der Waals surface area contributed by atoms with E-state index in [2.05, 4.69) is 5.32 Å². The molecule has 0 unspecified atom stereocenters. The standard InChI is InChI=1S/C16H20F2N2O3/c1-20(2)16(22)14-6-4-12(23-14)9-19-15(21)8-10-7-11(17)3-5-13(10)18/h3,5,7,12,14H,4,6,8-9H2,1-2H3,(H,19,21)/t12-,14+/m0/s1. The van der Waals surface area contributed by atoms with Crippen molar-refractivity contribution < 1.29 is 23.1 Å². The number of hydrogen-bond donors (Lipinski definition) is 1. The third kappa shape index (κ3) is 4.72. The number of ether oxygens (including phenoxy) is 1. The van der Waals surface area contributed by atoms with E-state index in [4.69, 9.17) is 4.74 Å². The zero-order valence-corrected chi connectivity index (χ0v) is 13.1. The van der Waals surface area contributed by atoms with E-state index in [1.54, 1.807) is 14.1 Å². The van der Waals surface area contributed by atoms with Crippen LogP contribution < -0.4 is 5.32 Å². The lowest BCUT2D eigenvalue weighted by Gasteiger charge is -2.17. The summed E-state index contributed by atoms with van der Waals surface area (Å²) in [6.45, 7) is 0.243. The minimum Gasteiger partial charge on any atom is -0.363 e. The number of hydrogen-bond acceptors (Lipinski definition) is 3. The molecule has 23 heavy (non-hydrogen) atoms. The van der Waals surface area contributed by atoms with E-state index in [0.29, 0.717) is 12.8 Å². The van der Waals surface area contributed by atoms with Gasteiger partial charge in [-0.3, -0.25) is 9.59 Å². The smallest absolute Gasteiger partial charge is 0.251 e. The Bertz CT molecular complexity index is 593. The first-order valence-corrected chi connectivity index (χ1v) is 7.44. The van der Waals surface area contributed by atoms with E-state index in [0.717, 1.165) is 18.2 Å². The molecule has 0 bridgehead atoms. The normalized spacial score (nSPS) is 20.3. The number of halogens is 2. The topological polar surface area (TPSA) is 58.6 Å². The van der Waals surface area contributed by atoms with Crippen LogP contribution in [-0.4, -0.2) is 49.6 Å². The lowest BCUT2D eigenvalue weighted by atomic mass is 10.1. The molecule has 2 atom stereocenters. The average molecular weight is 326 g/mol. The van der Waals surface area contributed by atoms with E-state index < -0.39 is 23.6 Å². The summed E-state index contributed by atoms with van der Waals surface area (Å²) in [6, 6.07) is 3.01. The molecule has 1 saturated heterocycles. The Morgan fingerprint density at radius 1 is 1.30 bits per heavy atom. The van der Waals surface area contributed by atoms with Crippen LogP contribution in [0.4, 0.5) is 8.78 Å². The van der Waals surface area contributed by atoms with Gasteiger partial charge in [0.05, 0.1) is 12.5 Å². The van der Waals surface area contributed by atoms with Gasteiger partial charge in [-0.25, -0.2) is 8.78 Å². The zero-order valence-electron chi connectivity index (χ0n) is 13.1. The maximum Gasteiger partial charge on any atom is 0.251 e. The predicted octanol–water partition coefficient (Wildman–Crippen LogP) is 1.26. The lowest BCUT2D eigenvalue weighted by molar-refractivity contribution is -0.140. The summed E-state index contributed by atoms with van der Waals surface area (Å²) < 4.78 is 32.1. The molecule has 1 aromatic rings. The fraction of sp³-hybridized carbons (Fsp3) is 0.500. The number of benzene rings is 1. The maximum atomic E-state index is 13.5. The highest BCUT2D eigenvalue weighted by Crippen LogP contribution is 2.20. The summed E-state index contributed by atoms with van der Waals surface area (Å²) >= 11 is 0. The van der Waals surface area contributed by atoms with E-state index >= 15 is 0 Å². The first kappa shape index (κ1) is 17.3. The molecule has 2 rings (SSSR count). The fourth-order valence-corrected chi connectivity index (χ4v) is 2.47. The van der Waals surface area contributed by atoms with E-state index in [-0.39, 0.29) is 30.5 Å². The second kappa shape index (κ2) is 7.50. The van der Waals surface area contributed by atoms with Crippen LogP contribution in [0, 0.1) is 11.6 Å². The molecule has 1 aromatic carbocycles. The van der Waals surface area contributed by atoms with Crippen molar-refractivity contribution in [3.63, 3.8) is 0 Å². The molecule has 0 spiro atoms. The van der Waals surface area contributed by atoms with Crippen molar-refractivity contribution in [2.75, 3.05) is 20.6 Å². The quantitative estimate of drug-likeness (QED) is 0.886. The molecule has 2 amide bonds. The molecule has 0 aromatic heterocycles. The SMILES string of the molecule is CN(C)C(=O)[C@H]1CC[C@@H](CNC(=O)Cc2cc(F)ccc2F)O1. The predicted molar refractivity (Wildman–Crippen MR) is 79.7 cm³/mol. The van der Waals surface area contributed by atoms with Gasteiger partial charge in [0.25, 0.3) is 5.91 Å². The highest BCUT2D eigenvalue weighted by atomic mass is 19.1. The van der Waals surface area contributed by atoms with Crippen LogP contribution in [-0.2, 0) is 20.7 Å². The van der Waals surface area contributed by atoms with Crippen molar-refractivity contribution in [1.29, 1.82) is 0 Å². The van der Waals surface area contributed by atoms with Gasteiger partial charge < -0.3 is 15.0 Å². The molecule has 1 aliphatic rings. The van der Waals surface area contributed by atoms with Crippen molar-refractivity contribution in [3.8, 4) is 0 Å². The summed E-state index contributed by atoms with van der Waals surface area (Å²) in [4.78, 5) is 25.1. The van der Waals surface area contributed by atoms with Gasteiger partial charge in [-0.15, -0.1) is 0 Å². The summed E-state index contributed by atoms with van der Waals surface area (Å²) in [6.07, 6.45) is 0.309. The Kier molecular flexibility index (Phi) is 5.65. The molecular formula is C16H20F2N2O3. The Hall–Kier alpha value is -2.02. The van der Waals surface area contributed by atoms with Gasteiger partial charge in [0.1, 0.15) is 17.7 Å². The summed E-state index contributed by atoms with van der Waals surface area (Å²) in [5.41, 5.74) is 0.00972. The van der Waals surface area contributed by atoms with Crippen molar-refractivity contribution in [2.45, 2.75) is 31.5 Å². The van der Waals surface area contributed by atoms with Crippen LogP contribution in [0.15, 0.2) is 18.2 Å². The van der Waals surface area contributed by atoms with Crippen LogP contribution in [0.1, 0.15) is 18.4 Å². The summed E-state index contributed by atoms with van der Waals surface area (Å²) in [7, 11) is 3.32. The molecule has 0 aliphatic carbocycles. The van der Waals surface area contributed by atoms with Gasteiger partial charge in [0, 0.05) is 26.2 Å². The van der Waals surface area contributed by atoms with Crippen LogP contribution in [0.5, 0.6) is 0 Å². The average Bonchev–Trinajstić information content (AvgIpc) is 2.97. The van der Waals surface area contributed by atoms with Gasteiger partial charge in [-0.05, 0) is 31.0 Å². The lowest BCUT2D eigenvalue weighted by Crippen LogP contribution is -2.36. The van der Waals surface area contributed by atoms with Gasteiger partial charge in [0.2, 0.25) is 5.91 Å². The number of nitrogens with one attached hydrogen (secondary N) is 1. The minimum absolute atomic E-state index is 0.00972. The monoisotopic (exact) mass is 326 g/mol. The van der Waals surface area contributed by atoms with Gasteiger partial charge in [0.15, 0.2) is 0 Å². The van der Waals surface area contributed by atoms with E-state index in [9.17, 15) is 18.4 Å². The molecule has 1 N–H and O–H groups in total. The van der Waals surface area contributed by atoms with Crippen molar-refractivity contribution in [1.82, 2.24) is 10.2 Å².